The van der Waals surface area contributed by atoms with Gasteiger partial charge in [0, 0.05) is 0 Å². The van der Waals surface area contributed by atoms with Crippen molar-refractivity contribution in [3.05, 3.63) is 0 Å². The molecular weight excluding hydrogens is 128 g/mol. The standard InChI is InChI=1S/C6H16N2Si/c1-4-5-6-7(2)9-8(6)3/h6H,4-5,9H2,1-3H3. The van der Waals surface area contributed by atoms with Gasteiger partial charge in [0.05, 0.1) is 6.17 Å². The minimum absolute atomic E-state index is 0.0526. The smallest absolute Gasteiger partial charge is 0.174 e. The fraction of sp³-hybridized carbons (Fsp3) is 1.00. The average molecular weight is 144 g/mol. The molecule has 1 aliphatic rings. The van der Waals surface area contributed by atoms with E-state index in [1.54, 1.807) is 0 Å². The summed E-state index contributed by atoms with van der Waals surface area (Å²) in [6.45, 7) is 2.25. The van der Waals surface area contributed by atoms with E-state index in [-0.39, 0.29) is 9.84 Å². The van der Waals surface area contributed by atoms with Crippen LogP contribution in [0.2, 0.25) is 0 Å². The summed E-state index contributed by atoms with van der Waals surface area (Å²) in [6.07, 6.45) is 3.45. The molecule has 0 spiro atoms. The van der Waals surface area contributed by atoms with Gasteiger partial charge in [-0.3, -0.25) is 0 Å². The third-order valence-electron chi connectivity index (χ3n) is 2.01. The lowest BCUT2D eigenvalue weighted by atomic mass is 10.3. The average Bonchev–Trinajstić information content (AvgIpc) is 1.84. The van der Waals surface area contributed by atoms with Crippen LogP contribution in [0.25, 0.3) is 0 Å². The first-order valence-corrected chi connectivity index (χ1v) is 4.92. The summed E-state index contributed by atoms with van der Waals surface area (Å²) in [5.74, 6) is 0. The van der Waals surface area contributed by atoms with Gasteiger partial charge in [-0.15, -0.1) is 0 Å². The zero-order chi connectivity index (χ0) is 6.85. The van der Waals surface area contributed by atoms with Gasteiger partial charge in [0.15, 0.2) is 9.84 Å². The molecule has 9 heavy (non-hydrogen) atoms. The van der Waals surface area contributed by atoms with Crippen LogP contribution >= 0.6 is 0 Å². The van der Waals surface area contributed by atoms with Crippen LogP contribution in [0.4, 0.5) is 0 Å². The fourth-order valence-corrected chi connectivity index (χ4v) is 3.18. The predicted molar refractivity (Wildman–Crippen MR) is 42.8 cm³/mol. The fourth-order valence-electron chi connectivity index (χ4n) is 1.48. The van der Waals surface area contributed by atoms with Crippen molar-refractivity contribution in [3.8, 4) is 0 Å². The van der Waals surface area contributed by atoms with E-state index < -0.39 is 0 Å². The molecule has 0 aromatic carbocycles. The van der Waals surface area contributed by atoms with Gasteiger partial charge < -0.3 is 9.13 Å². The molecule has 1 saturated heterocycles. The number of nitrogens with zero attached hydrogens (tertiary/aromatic N) is 2. The van der Waals surface area contributed by atoms with E-state index in [1.165, 1.54) is 12.8 Å². The minimum atomic E-state index is 0.0526. The second kappa shape index (κ2) is 2.81. The maximum Gasteiger partial charge on any atom is 0.174 e. The molecule has 1 rings (SSSR count). The summed E-state index contributed by atoms with van der Waals surface area (Å²) in [7, 11) is 4.54. The van der Waals surface area contributed by atoms with Crippen molar-refractivity contribution in [2.75, 3.05) is 14.1 Å². The van der Waals surface area contributed by atoms with Gasteiger partial charge in [0.1, 0.15) is 0 Å². The van der Waals surface area contributed by atoms with Crippen LogP contribution in [0.3, 0.4) is 0 Å². The van der Waals surface area contributed by atoms with Crippen molar-refractivity contribution >= 4 is 9.84 Å². The Morgan fingerprint density at radius 1 is 1.33 bits per heavy atom. The Hall–Kier alpha value is 0.137. The molecule has 0 unspecified atom stereocenters. The van der Waals surface area contributed by atoms with Gasteiger partial charge in [-0.05, 0) is 20.5 Å². The summed E-state index contributed by atoms with van der Waals surface area (Å²) in [6, 6.07) is 0. The van der Waals surface area contributed by atoms with Gasteiger partial charge >= 0.3 is 0 Å². The van der Waals surface area contributed by atoms with Gasteiger partial charge in [-0.25, -0.2) is 0 Å². The predicted octanol–water partition coefficient (Wildman–Crippen LogP) is -0.0114. The summed E-state index contributed by atoms with van der Waals surface area (Å²) in [5, 5.41) is 0. The second-order valence-corrected chi connectivity index (χ2v) is 5.20. The number of rotatable bonds is 2. The Morgan fingerprint density at radius 2 is 1.89 bits per heavy atom. The van der Waals surface area contributed by atoms with Crippen LogP contribution in [-0.4, -0.2) is 39.2 Å². The quantitative estimate of drug-likeness (QED) is 0.503. The molecule has 54 valence electrons. The normalized spacial score (nSPS) is 33.0. The Balaban J connectivity index is 2.22. The van der Waals surface area contributed by atoms with Gasteiger partial charge in [0.2, 0.25) is 0 Å². The number of hydrogen-bond acceptors (Lipinski definition) is 2. The Morgan fingerprint density at radius 3 is 2.11 bits per heavy atom. The van der Waals surface area contributed by atoms with E-state index in [0.29, 0.717) is 0 Å². The molecule has 0 saturated carbocycles. The molecule has 0 aliphatic carbocycles. The molecule has 0 aromatic heterocycles. The highest BCUT2D eigenvalue weighted by atomic mass is 28.2. The summed E-state index contributed by atoms with van der Waals surface area (Å²) >= 11 is 0. The first kappa shape index (κ1) is 7.25. The molecule has 0 atom stereocenters. The van der Waals surface area contributed by atoms with Crippen LogP contribution in [0, 0.1) is 0 Å². The van der Waals surface area contributed by atoms with Crippen molar-refractivity contribution < 1.29 is 0 Å². The molecule has 1 fully saturated rings. The van der Waals surface area contributed by atoms with E-state index in [2.05, 4.69) is 30.2 Å². The van der Waals surface area contributed by atoms with Crippen molar-refractivity contribution in [1.82, 2.24) is 9.13 Å². The topological polar surface area (TPSA) is 6.48 Å². The SMILES string of the molecule is CCCC1N(C)[SiH2]N1C. The molecule has 1 heterocycles. The van der Waals surface area contributed by atoms with Gasteiger partial charge in [-0.1, -0.05) is 13.3 Å². The lowest BCUT2D eigenvalue weighted by molar-refractivity contribution is 0.133. The van der Waals surface area contributed by atoms with E-state index in [9.17, 15) is 0 Å². The molecule has 0 radical (unpaired) electrons. The molecule has 0 aromatic rings. The van der Waals surface area contributed by atoms with Crippen molar-refractivity contribution in [2.45, 2.75) is 25.9 Å². The van der Waals surface area contributed by atoms with Gasteiger partial charge in [-0.2, -0.15) is 0 Å². The Bertz CT molecular complexity index is 89.1. The first-order chi connectivity index (χ1) is 4.25. The van der Waals surface area contributed by atoms with Crippen LogP contribution in [0.5, 0.6) is 0 Å². The first-order valence-electron chi connectivity index (χ1n) is 3.66. The van der Waals surface area contributed by atoms with Crippen LogP contribution in [0.15, 0.2) is 0 Å². The van der Waals surface area contributed by atoms with Crippen LogP contribution < -0.4 is 0 Å². The Kier molecular flexibility index (Phi) is 2.27. The van der Waals surface area contributed by atoms with Gasteiger partial charge in [0.25, 0.3) is 0 Å². The van der Waals surface area contributed by atoms with Crippen LogP contribution in [-0.2, 0) is 0 Å². The Labute approximate surface area is 59.8 Å². The highest BCUT2D eigenvalue weighted by Gasteiger charge is 2.28. The molecule has 1 aliphatic heterocycles. The van der Waals surface area contributed by atoms with Crippen LogP contribution in [0.1, 0.15) is 19.8 Å². The van der Waals surface area contributed by atoms with E-state index in [0.717, 1.165) is 6.17 Å². The lowest BCUT2D eigenvalue weighted by Crippen LogP contribution is -2.62. The summed E-state index contributed by atoms with van der Waals surface area (Å²) in [5.41, 5.74) is 0. The highest BCUT2D eigenvalue weighted by Crippen LogP contribution is 2.15. The highest BCUT2D eigenvalue weighted by molar-refractivity contribution is 6.31. The zero-order valence-corrected chi connectivity index (χ0v) is 8.01. The largest absolute Gasteiger partial charge is 0.305 e. The summed E-state index contributed by atoms with van der Waals surface area (Å²) < 4.78 is 5.03. The molecule has 0 bridgehead atoms. The monoisotopic (exact) mass is 144 g/mol. The maximum absolute atomic E-state index is 2.52. The zero-order valence-electron chi connectivity index (χ0n) is 6.59. The maximum atomic E-state index is 2.52. The van der Waals surface area contributed by atoms with Crippen molar-refractivity contribution in [3.63, 3.8) is 0 Å². The molecule has 0 N–H and O–H groups in total. The van der Waals surface area contributed by atoms with E-state index in [1.807, 2.05) is 0 Å². The van der Waals surface area contributed by atoms with Crippen molar-refractivity contribution in [2.24, 2.45) is 0 Å². The van der Waals surface area contributed by atoms with E-state index in [4.69, 9.17) is 0 Å². The third-order valence-corrected chi connectivity index (χ3v) is 3.75. The minimum Gasteiger partial charge on any atom is -0.305 e. The molecule has 0 amide bonds. The van der Waals surface area contributed by atoms with E-state index >= 15 is 0 Å². The third kappa shape index (κ3) is 1.34. The molecular formula is C6H16N2Si. The lowest BCUT2D eigenvalue weighted by Gasteiger charge is -2.47. The second-order valence-electron chi connectivity index (χ2n) is 2.92. The van der Waals surface area contributed by atoms with Crippen molar-refractivity contribution in [1.29, 1.82) is 0 Å². The number of hydrogen-bond donors (Lipinski definition) is 0. The molecule has 2 nitrogen and oxygen atoms in total. The summed E-state index contributed by atoms with van der Waals surface area (Å²) in [4.78, 5) is 0. The molecule has 3 heteroatoms.